The maximum atomic E-state index is 12.6. The first kappa shape index (κ1) is 16.0. The molecule has 2 bridgehead atoms. The zero-order valence-corrected chi connectivity index (χ0v) is 14.0. The largest absolute Gasteiger partial charge is 0.325 e. The second-order valence-corrected chi connectivity index (χ2v) is 7.33. The normalized spacial score (nSPS) is 29.9. The molecule has 1 aliphatic heterocycles. The van der Waals surface area contributed by atoms with E-state index >= 15 is 0 Å². The number of carbonyl (C=O) groups is 4. The number of likely N-dealkylation sites (tertiary alicyclic amines) is 1. The number of amides is 3. The number of ketones is 1. The smallest absolute Gasteiger partial charge is 0.244 e. The highest BCUT2D eigenvalue weighted by atomic mass is 16.2. The van der Waals surface area contributed by atoms with E-state index in [1.54, 1.807) is 24.3 Å². The molecule has 0 unspecified atom stereocenters. The minimum absolute atomic E-state index is 0.0932. The fourth-order valence-corrected chi connectivity index (χ4v) is 4.79. The Morgan fingerprint density at radius 1 is 1.12 bits per heavy atom. The van der Waals surface area contributed by atoms with Crippen molar-refractivity contribution in [2.24, 2.45) is 23.7 Å². The number of anilines is 1. The molecule has 0 radical (unpaired) electrons. The summed E-state index contributed by atoms with van der Waals surface area (Å²) < 4.78 is 0. The van der Waals surface area contributed by atoms with E-state index in [9.17, 15) is 19.2 Å². The molecule has 1 heterocycles. The first-order valence-corrected chi connectivity index (χ1v) is 8.72. The highest BCUT2D eigenvalue weighted by Crippen LogP contribution is 2.56. The van der Waals surface area contributed by atoms with Crippen LogP contribution in [0.3, 0.4) is 0 Å². The van der Waals surface area contributed by atoms with E-state index in [0.29, 0.717) is 23.1 Å². The Balaban J connectivity index is 1.45. The Morgan fingerprint density at radius 2 is 1.76 bits per heavy atom. The van der Waals surface area contributed by atoms with Crippen molar-refractivity contribution < 1.29 is 19.2 Å². The molecule has 1 N–H and O–H groups in total. The van der Waals surface area contributed by atoms with Crippen LogP contribution in [0.4, 0.5) is 5.69 Å². The maximum Gasteiger partial charge on any atom is 0.244 e. The average molecular weight is 340 g/mol. The van der Waals surface area contributed by atoms with Gasteiger partial charge in [0.25, 0.3) is 0 Å². The first-order valence-electron chi connectivity index (χ1n) is 8.72. The van der Waals surface area contributed by atoms with Crippen molar-refractivity contribution in [1.82, 2.24) is 4.90 Å². The summed E-state index contributed by atoms with van der Waals surface area (Å²) in [5, 5.41) is 2.67. The Kier molecular flexibility index (Phi) is 3.71. The third-order valence-corrected chi connectivity index (χ3v) is 5.87. The average Bonchev–Trinajstić information content (AvgIpc) is 3.25. The van der Waals surface area contributed by atoms with E-state index < -0.39 is 5.91 Å². The van der Waals surface area contributed by atoms with Crippen molar-refractivity contribution in [3.63, 3.8) is 0 Å². The number of carbonyl (C=O) groups excluding carboxylic acids is 4. The number of benzene rings is 1. The molecule has 0 spiro atoms. The molecule has 4 atom stereocenters. The van der Waals surface area contributed by atoms with Crippen molar-refractivity contribution in [3.05, 3.63) is 29.8 Å². The van der Waals surface area contributed by atoms with E-state index in [1.165, 1.54) is 6.92 Å². The van der Waals surface area contributed by atoms with Gasteiger partial charge in [-0.15, -0.1) is 0 Å². The topological polar surface area (TPSA) is 83.6 Å². The third-order valence-electron chi connectivity index (χ3n) is 5.87. The fourth-order valence-electron chi connectivity index (χ4n) is 4.79. The molecule has 6 heteroatoms. The number of nitrogens with one attached hydrogen (secondary N) is 1. The lowest BCUT2D eigenvalue weighted by atomic mass is 9.81. The zero-order valence-electron chi connectivity index (χ0n) is 14.0. The molecule has 2 aliphatic carbocycles. The number of nitrogens with zero attached hydrogens (tertiary/aromatic N) is 1. The predicted octanol–water partition coefficient (Wildman–Crippen LogP) is 1.86. The number of imide groups is 1. The van der Waals surface area contributed by atoms with Gasteiger partial charge in [-0.25, -0.2) is 0 Å². The van der Waals surface area contributed by atoms with Crippen LogP contribution in [0, 0.1) is 23.7 Å². The van der Waals surface area contributed by atoms with Gasteiger partial charge in [-0.1, -0.05) is 12.1 Å². The van der Waals surface area contributed by atoms with Crippen molar-refractivity contribution in [2.75, 3.05) is 11.9 Å². The fraction of sp³-hybridized carbons (Fsp3) is 0.474. The van der Waals surface area contributed by atoms with Gasteiger partial charge in [-0.05, 0) is 50.2 Å². The number of fused-ring (bicyclic) bond motifs is 5. The van der Waals surface area contributed by atoms with Crippen LogP contribution in [-0.2, 0) is 14.4 Å². The Labute approximate surface area is 145 Å². The lowest BCUT2D eigenvalue weighted by Gasteiger charge is -2.19. The molecule has 4 rings (SSSR count). The minimum atomic E-state index is -0.422. The van der Waals surface area contributed by atoms with Gasteiger partial charge in [-0.3, -0.25) is 24.1 Å². The molecular formula is C19H20N2O4. The predicted molar refractivity (Wildman–Crippen MR) is 89.6 cm³/mol. The molecule has 1 aromatic rings. The van der Waals surface area contributed by atoms with Crippen LogP contribution < -0.4 is 5.32 Å². The summed E-state index contributed by atoms with van der Waals surface area (Å²) in [6.45, 7) is 1.20. The van der Waals surface area contributed by atoms with Gasteiger partial charge in [0.05, 0.1) is 11.8 Å². The van der Waals surface area contributed by atoms with Crippen LogP contribution in [0.2, 0.25) is 0 Å². The molecular weight excluding hydrogens is 320 g/mol. The molecule has 1 aromatic carbocycles. The molecule has 3 amide bonds. The summed E-state index contributed by atoms with van der Waals surface area (Å²) in [4.78, 5) is 50.0. The van der Waals surface area contributed by atoms with E-state index in [1.807, 2.05) is 0 Å². The van der Waals surface area contributed by atoms with Crippen LogP contribution in [0.15, 0.2) is 24.3 Å². The molecule has 25 heavy (non-hydrogen) atoms. The molecule has 0 aromatic heterocycles. The van der Waals surface area contributed by atoms with Gasteiger partial charge in [0, 0.05) is 11.3 Å². The van der Waals surface area contributed by atoms with Crippen molar-refractivity contribution in [2.45, 2.75) is 26.2 Å². The van der Waals surface area contributed by atoms with Gasteiger partial charge in [0.2, 0.25) is 17.7 Å². The monoisotopic (exact) mass is 340 g/mol. The number of rotatable bonds is 4. The lowest BCUT2D eigenvalue weighted by molar-refractivity contribution is -0.143. The Bertz CT molecular complexity index is 759. The Morgan fingerprint density at radius 3 is 2.36 bits per heavy atom. The Hall–Kier alpha value is -2.50. The second-order valence-electron chi connectivity index (χ2n) is 7.33. The van der Waals surface area contributed by atoms with Gasteiger partial charge < -0.3 is 5.32 Å². The number of Topliss-reactive ketones (excluding diaryl/α,β-unsaturated/α-hetero) is 1. The summed E-state index contributed by atoms with van der Waals surface area (Å²) >= 11 is 0. The van der Waals surface area contributed by atoms with E-state index in [0.717, 1.165) is 24.2 Å². The second kappa shape index (κ2) is 5.79. The summed E-state index contributed by atoms with van der Waals surface area (Å²) in [6.07, 6.45) is 3.01. The number of hydrogen-bond donors (Lipinski definition) is 1. The SMILES string of the molecule is CC(=O)c1cccc(NC(=O)CN2C(=O)[C@@H]3[C@H]4CC[C@@H](C4)[C@H]3C2=O)c1. The van der Waals surface area contributed by atoms with Gasteiger partial charge in [0.1, 0.15) is 6.54 Å². The van der Waals surface area contributed by atoms with E-state index in [4.69, 9.17) is 0 Å². The van der Waals surface area contributed by atoms with E-state index in [2.05, 4.69) is 5.32 Å². The molecule has 2 saturated carbocycles. The standard InChI is InChI=1S/C19H20N2O4/c1-10(22)11-3-2-4-14(8-11)20-15(23)9-21-18(24)16-12-5-6-13(7-12)17(16)19(21)25/h2-4,8,12-13,16-17H,5-7,9H2,1H3,(H,20,23)/t12-,13-,16+,17+/m0/s1. The van der Waals surface area contributed by atoms with Gasteiger partial charge in [-0.2, -0.15) is 0 Å². The summed E-state index contributed by atoms with van der Waals surface area (Å²) in [5.41, 5.74) is 0.981. The number of hydrogen-bond acceptors (Lipinski definition) is 4. The van der Waals surface area contributed by atoms with Crippen LogP contribution in [0.5, 0.6) is 0 Å². The van der Waals surface area contributed by atoms with Crippen molar-refractivity contribution in [3.8, 4) is 0 Å². The summed E-state index contributed by atoms with van der Waals surface area (Å²) in [7, 11) is 0. The summed E-state index contributed by atoms with van der Waals surface area (Å²) in [6, 6.07) is 6.61. The first-order chi connectivity index (χ1) is 12.0. The lowest BCUT2D eigenvalue weighted by Crippen LogP contribution is -2.39. The highest BCUT2D eigenvalue weighted by Gasteiger charge is 2.60. The molecule has 3 aliphatic rings. The van der Waals surface area contributed by atoms with Crippen molar-refractivity contribution in [1.29, 1.82) is 0 Å². The molecule has 3 fully saturated rings. The third kappa shape index (κ3) is 2.56. The highest BCUT2D eigenvalue weighted by molar-refractivity contribution is 6.09. The van der Waals surface area contributed by atoms with Gasteiger partial charge in [0.15, 0.2) is 5.78 Å². The molecule has 1 saturated heterocycles. The van der Waals surface area contributed by atoms with Crippen LogP contribution in [0.25, 0.3) is 0 Å². The maximum absolute atomic E-state index is 12.6. The molecule has 6 nitrogen and oxygen atoms in total. The van der Waals surface area contributed by atoms with Crippen LogP contribution in [-0.4, -0.2) is 34.9 Å². The van der Waals surface area contributed by atoms with Gasteiger partial charge >= 0.3 is 0 Å². The quantitative estimate of drug-likeness (QED) is 0.670. The molecule has 130 valence electrons. The summed E-state index contributed by atoms with van der Waals surface area (Å²) in [5.74, 6) is -0.678. The van der Waals surface area contributed by atoms with Crippen LogP contribution in [0.1, 0.15) is 36.5 Å². The zero-order chi connectivity index (χ0) is 17.7. The van der Waals surface area contributed by atoms with E-state index in [-0.39, 0.29) is 36.0 Å². The van der Waals surface area contributed by atoms with Crippen molar-refractivity contribution >= 4 is 29.2 Å². The minimum Gasteiger partial charge on any atom is -0.325 e. The van der Waals surface area contributed by atoms with Crippen LogP contribution >= 0.6 is 0 Å².